The topological polar surface area (TPSA) is 97.6 Å². The molecule has 1 aliphatic heterocycles. The van der Waals surface area contributed by atoms with Crippen molar-refractivity contribution in [3.8, 4) is 16.9 Å². The minimum absolute atomic E-state index is 0.195. The standard InChI is InChI=1S/C26H20N2O5/c29-22(30)15-33-21-12-6-11-19-23(21)24-20(13-27-26(32)25(24)31)28(19)14-17-9-4-5-10-18(17)16-7-2-1-3-8-16/h1-12H,13-15H2,(H,27,32)(H,29,30). The average molecular weight is 440 g/mol. The Bertz CT molecular complexity index is 1410. The lowest BCUT2D eigenvalue weighted by atomic mass is 9.99. The number of rotatable bonds is 6. The molecule has 33 heavy (non-hydrogen) atoms. The highest BCUT2D eigenvalue weighted by Gasteiger charge is 2.33. The predicted octanol–water partition coefficient (Wildman–Crippen LogP) is 3.63. The van der Waals surface area contributed by atoms with Crippen LogP contribution in [-0.4, -0.2) is 33.9 Å². The van der Waals surface area contributed by atoms with Crippen molar-refractivity contribution in [2.75, 3.05) is 6.61 Å². The van der Waals surface area contributed by atoms with Crippen LogP contribution in [-0.2, 0) is 22.7 Å². The summed E-state index contributed by atoms with van der Waals surface area (Å²) < 4.78 is 7.49. The molecule has 1 aliphatic rings. The minimum Gasteiger partial charge on any atom is -0.481 e. The van der Waals surface area contributed by atoms with E-state index in [0.717, 1.165) is 16.7 Å². The Kier molecular flexibility index (Phi) is 5.14. The van der Waals surface area contributed by atoms with Gasteiger partial charge in [0.15, 0.2) is 6.61 Å². The number of ketones is 1. The highest BCUT2D eigenvalue weighted by Crippen LogP contribution is 2.37. The van der Waals surface area contributed by atoms with Crippen LogP contribution in [0.1, 0.15) is 21.6 Å². The van der Waals surface area contributed by atoms with Crippen LogP contribution in [0.2, 0.25) is 0 Å². The van der Waals surface area contributed by atoms with Gasteiger partial charge in [-0.05, 0) is 28.8 Å². The number of aromatic nitrogens is 1. The van der Waals surface area contributed by atoms with Crippen molar-refractivity contribution in [2.45, 2.75) is 13.1 Å². The van der Waals surface area contributed by atoms with E-state index in [4.69, 9.17) is 9.84 Å². The van der Waals surface area contributed by atoms with Crippen molar-refractivity contribution < 1.29 is 24.2 Å². The number of ether oxygens (including phenoxy) is 1. The van der Waals surface area contributed by atoms with Crippen LogP contribution in [0.25, 0.3) is 22.0 Å². The third-order valence-electron chi connectivity index (χ3n) is 5.79. The van der Waals surface area contributed by atoms with Crippen LogP contribution >= 0.6 is 0 Å². The van der Waals surface area contributed by atoms with Gasteiger partial charge in [0.2, 0.25) is 0 Å². The lowest BCUT2D eigenvalue weighted by Crippen LogP contribution is -2.37. The number of nitrogens with one attached hydrogen (secondary N) is 1. The van der Waals surface area contributed by atoms with Crippen LogP contribution in [0.3, 0.4) is 0 Å². The Labute approximate surface area is 189 Å². The fourth-order valence-electron chi connectivity index (χ4n) is 4.37. The molecule has 7 heteroatoms. The second kappa shape index (κ2) is 8.27. The Balaban J connectivity index is 1.69. The Hall–Kier alpha value is -4.39. The number of benzene rings is 3. The van der Waals surface area contributed by atoms with Crippen LogP contribution in [0.5, 0.6) is 5.75 Å². The number of carboxylic acids is 1. The zero-order valence-electron chi connectivity index (χ0n) is 17.6. The maximum Gasteiger partial charge on any atom is 0.341 e. The first-order valence-electron chi connectivity index (χ1n) is 10.5. The second-order valence-electron chi connectivity index (χ2n) is 7.78. The first kappa shape index (κ1) is 20.5. The van der Waals surface area contributed by atoms with Crippen LogP contribution < -0.4 is 10.1 Å². The summed E-state index contributed by atoms with van der Waals surface area (Å²) in [6, 6.07) is 23.3. The summed E-state index contributed by atoms with van der Waals surface area (Å²) in [4.78, 5) is 36.1. The molecule has 0 saturated heterocycles. The van der Waals surface area contributed by atoms with Gasteiger partial charge in [-0.1, -0.05) is 60.7 Å². The van der Waals surface area contributed by atoms with Gasteiger partial charge < -0.3 is 19.7 Å². The Morgan fingerprint density at radius 1 is 0.970 bits per heavy atom. The molecule has 0 unspecified atom stereocenters. The molecule has 2 N–H and O–H groups in total. The maximum absolute atomic E-state index is 12.9. The molecule has 0 aliphatic carbocycles. The molecule has 0 fully saturated rings. The van der Waals surface area contributed by atoms with Gasteiger partial charge in [-0.2, -0.15) is 0 Å². The minimum atomic E-state index is -1.12. The van der Waals surface area contributed by atoms with Gasteiger partial charge in [0, 0.05) is 6.54 Å². The maximum atomic E-state index is 12.9. The third-order valence-corrected chi connectivity index (χ3v) is 5.79. The Morgan fingerprint density at radius 2 is 1.73 bits per heavy atom. The average Bonchev–Trinajstić information content (AvgIpc) is 3.15. The van der Waals surface area contributed by atoms with E-state index in [1.165, 1.54) is 0 Å². The molecule has 3 aromatic carbocycles. The molecule has 1 amide bonds. The molecule has 0 spiro atoms. The summed E-state index contributed by atoms with van der Waals surface area (Å²) in [5.74, 6) is -2.19. The normalized spacial score (nSPS) is 13.0. The third kappa shape index (κ3) is 3.63. The van der Waals surface area contributed by atoms with Gasteiger partial charge in [-0.25, -0.2) is 4.79 Å². The van der Waals surface area contributed by atoms with Crippen molar-refractivity contribution in [3.63, 3.8) is 0 Å². The second-order valence-corrected chi connectivity index (χ2v) is 7.78. The highest BCUT2D eigenvalue weighted by atomic mass is 16.5. The smallest absolute Gasteiger partial charge is 0.341 e. The van der Waals surface area contributed by atoms with Crippen molar-refractivity contribution in [1.29, 1.82) is 0 Å². The van der Waals surface area contributed by atoms with E-state index in [-0.39, 0.29) is 17.9 Å². The SMILES string of the molecule is O=C(O)COc1cccc2c1c1c(n2Cc2ccccc2-c2ccccc2)CNC(=O)C1=O. The van der Waals surface area contributed by atoms with Gasteiger partial charge in [-0.3, -0.25) is 9.59 Å². The fourth-order valence-corrected chi connectivity index (χ4v) is 4.37. The number of carbonyl (C=O) groups is 3. The zero-order chi connectivity index (χ0) is 22.9. The number of amides is 1. The van der Waals surface area contributed by atoms with E-state index in [0.29, 0.717) is 23.1 Å². The highest BCUT2D eigenvalue weighted by molar-refractivity contribution is 6.46. The molecule has 4 aromatic rings. The lowest BCUT2D eigenvalue weighted by molar-refractivity contribution is -0.139. The summed E-state index contributed by atoms with van der Waals surface area (Å²) in [5, 5.41) is 12.2. The number of carboxylic acid groups (broad SMARTS) is 1. The van der Waals surface area contributed by atoms with Crippen molar-refractivity contribution >= 4 is 28.6 Å². The zero-order valence-corrected chi connectivity index (χ0v) is 17.6. The summed E-state index contributed by atoms with van der Waals surface area (Å²) in [6.45, 7) is 0.110. The number of carbonyl (C=O) groups excluding carboxylic acids is 2. The number of nitrogens with zero attached hydrogens (tertiary/aromatic N) is 1. The Morgan fingerprint density at radius 3 is 2.52 bits per heavy atom. The van der Waals surface area contributed by atoms with Gasteiger partial charge >= 0.3 is 5.97 Å². The van der Waals surface area contributed by atoms with Gasteiger partial charge in [-0.15, -0.1) is 0 Å². The molecule has 1 aromatic heterocycles. The quantitative estimate of drug-likeness (QED) is 0.446. The van der Waals surface area contributed by atoms with E-state index in [2.05, 4.69) is 11.4 Å². The van der Waals surface area contributed by atoms with Crippen molar-refractivity contribution in [2.24, 2.45) is 0 Å². The largest absolute Gasteiger partial charge is 0.481 e. The van der Waals surface area contributed by atoms with E-state index >= 15 is 0 Å². The molecule has 0 atom stereocenters. The molecule has 2 heterocycles. The summed E-state index contributed by atoms with van der Waals surface area (Å²) in [5.41, 5.74) is 4.84. The summed E-state index contributed by atoms with van der Waals surface area (Å²) in [6.07, 6.45) is 0. The molecule has 0 bridgehead atoms. The van der Waals surface area contributed by atoms with Crippen LogP contribution in [0.4, 0.5) is 0 Å². The van der Waals surface area contributed by atoms with Gasteiger partial charge in [0.05, 0.1) is 28.7 Å². The van der Waals surface area contributed by atoms with Crippen molar-refractivity contribution in [3.05, 3.63) is 89.6 Å². The first-order chi connectivity index (χ1) is 16.0. The van der Waals surface area contributed by atoms with E-state index in [1.807, 2.05) is 59.2 Å². The van der Waals surface area contributed by atoms with Gasteiger partial charge in [0.25, 0.3) is 11.7 Å². The molecule has 7 nitrogen and oxygen atoms in total. The van der Waals surface area contributed by atoms with Crippen LogP contribution in [0.15, 0.2) is 72.8 Å². The number of hydrogen-bond acceptors (Lipinski definition) is 4. The number of aliphatic carboxylic acids is 1. The number of fused-ring (bicyclic) bond motifs is 3. The van der Waals surface area contributed by atoms with E-state index in [1.54, 1.807) is 12.1 Å². The molecular weight excluding hydrogens is 420 g/mol. The van der Waals surface area contributed by atoms with Crippen LogP contribution in [0, 0.1) is 0 Å². The monoisotopic (exact) mass is 440 g/mol. The molecule has 0 radical (unpaired) electrons. The van der Waals surface area contributed by atoms with Gasteiger partial charge in [0.1, 0.15) is 5.75 Å². The number of Topliss-reactive ketones (excluding diaryl/α,β-unsaturated/α-hetero) is 1. The summed E-state index contributed by atoms with van der Waals surface area (Å²) in [7, 11) is 0. The molecule has 164 valence electrons. The number of hydrogen-bond donors (Lipinski definition) is 2. The molecular formula is C26H20N2O5. The fraction of sp³-hybridized carbons (Fsp3) is 0.115. The first-order valence-corrected chi connectivity index (χ1v) is 10.5. The van der Waals surface area contributed by atoms with E-state index in [9.17, 15) is 14.4 Å². The van der Waals surface area contributed by atoms with Crippen molar-refractivity contribution in [1.82, 2.24) is 9.88 Å². The molecule has 0 saturated carbocycles. The predicted molar refractivity (Wildman–Crippen MR) is 122 cm³/mol. The molecule has 5 rings (SSSR count). The summed E-state index contributed by atoms with van der Waals surface area (Å²) >= 11 is 0. The van der Waals surface area contributed by atoms with E-state index < -0.39 is 24.3 Å². The lowest BCUT2D eigenvalue weighted by Gasteiger charge is -2.18.